The Morgan fingerprint density at radius 3 is 2.64 bits per heavy atom. The lowest BCUT2D eigenvalue weighted by Crippen LogP contribution is -2.31. The van der Waals surface area contributed by atoms with Gasteiger partial charge in [0.1, 0.15) is 5.76 Å². The largest absolute Gasteiger partial charge is 0.467 e. The Morgan fingerprint density at radius 1 is 1.11 bits per heavy atom. The Balaban J connectivity index is 1.59. The van der Waals surface area contributed by atoms with Crippen LogP contribution in [0.2, 0.25) is 0 Å². The monoisotopic (exact) mass is 408 g/mol. The Hall–Kier alpha value is -2.57. The predicted octanol–water partition coefficient (Wildman–Crippen LogP) is 5.83. The number of aromatic nitrogens is 1. The molecule has 0 fully saturated rings. The topological polar surface area (TPSA) is 46.3 Å². The number of benzene rings is 2. The molecule has 0 aliphatic rings. The number of rotatable bonds is 6. The molecule has 0 bridgehead atoms. The number of thiazole rings is 1. The molecule has 0 saturated carbocycles. The number of carbonyl (C=O) groups excluding carboxylic acids is 1. The summed E-state index contributed by atoms with van der Waals surface area (Å²) in [7, 11) is 0. The molecule has 28 heavy (non-hydrogen) atoms. The Morgan fingerprint density at radius 2 is 1.93 bits per heavy atom. The van der Waals surface area contributed by atoms with E-state index in [-0.39, 0.29) is 5.91 Å². The number of furan rings is 1. The SMILES string of the molecule is Cc1ccc(SCC(=O)N(Cc2ccco2)c2nc3c(C)cccc3s2)cc1. The minimum absolute atomic E-state index is 0.0127. The molecule has 0 N–H and O–H groups in total. The van der Waals surface area contributed by atoms with Gasteiger partial charge in [0.25, 0.3) is 0 Å². The van der Waals surface area contributed by atoms with Gasteiger partial charge < -0.3 is 4.42 Å². The highest BCUT2D eigenvalue weighted by molar-refractivity contribution is 8.00. The molecule has 4 rings (SSSR count). The first kappa shape index (κ1) is 18.8. The number of amides is 1. The van der Waals surface area contributed by atoms with Crippen molar-refractivity contribution < 1.29 is 9.21 Å². The summed E-state index contributed by atoms with van der Waals surface area (Å²) in [6, 6.07) is 18.0. The van der Waals surface area contributed by atoms with E-state index < -0.39 is 0 Å². The molecule has 0 radical (unpaired) electrons. The lowest BCUT2D eigenvalue weighted by molar-refractivity contribution is -0.116. The predicted molar refractivity (Wildman–Crippen MR) is 116 cm³/mol. The summed E-state index contributed by atoms with van der Waals surface area (Å²) in [5.74, 6) is 1.10. The van der Waals surface area contributed by atoms with Gasteiger partial charge in [-0.05, 0) is 49.7 Å². The number of hydrogen-bond acceptors (Lipinski definition) is 5. The Bertz CT molecular complexity index is 1090. The maximum atomic E-state index is 13.1. The van der Waals surface area contributed by atoms with E-state index >= 15 is 0 Å². The van der Waals surface area contributed by atoms with Crippen molar-refractivity contribution in [2.24, 2.45) is 0 Å². The van der Waals surface area contributed by atoms with Gasteiger partial charge in [-0.1, -0.05) is 41.2 Å². The highest BCUT2D eigenvalue weighted by Gasteiger charge is 2.21. The molecule has 2 heterocycles. The van der Waals surface area contributed by atoms with Crippen molar-refractivity contribution in [2.75, 3.05) is 10.7 Å². The normalized spacial score (nSPS) is 11.1. The second-order valence-electron chi connectivity index (χ2n) is 6.58. The molecule has 142 valence electrons. The maximum Gasteiger partial charge on any atom is 0.239 e. The van der Waals surface area contributed by atoms with Crippen LogP contribution in [-0.4, -0.2) is 16.6 Å². The van der Waals surface area contributed by atoms with Gasteiger partial charge in [-0.3, -0.25) is 9.69 Å². The first-order chi connectivity index (χ1) is 13.6. The minimum Gasteiger partial charge on any atom is -0.467 e. The zero-order chi connectivity index (χ0) is 19.5. The highest BCUT2D eigenvalue weighted by Crippen LogP contribution is 2.32. The quantitative estimate of drug-likeness (QED) is 0.377. The lowest BCUT2D eigenvalue weighted by Gasteiger charge is -2.18. The summed E-state index contributed by atoms with van der Waals surface area (Å²) in [6.07, 6.45) is 1.63. The van der Waals surface area contributed by atoms with E-state index in [1.165, 1.54) is 28.7 Å². The summed E-state index contributed by atoms with van der Waals surface area (Å²) in [6.45, 7) is 4.47. The fourth-order valence-corrected chi connectivity index (χ4v) is 4.70. The second kappa shape index (κ2) is 8.20. The summed E-state index contributed by atoms with van der Waals surface area (Å²) in [5.41, 5.74) is 3.27. The second-order valence-corrected chi connectivity index (χ2v) is 8.64. The van der Waals surface area contributed by atoms with Crippen LogP contribution in [0, 0.1) is 13.8 Å². The molecule has 0 atom stereocenters. The molecular formula is C22H20N2O2S2. The number of anilines is 1. The lowest BCUT2D eigenvalue weighted by atomic mass is 10.2. The van der Waals surface area contributed by atoms with Crippen molar-refractivity contribution in [3.63, 3.8) is 0 Å². The van der Waals surface area contributed by atoms with E-state index in [2.05, 4.69) is 19.1 Å². The minimum atomic E-state index is 0.0127. The molecule has 0 unspecified atom stereocenters. The number of para-hydroxylation sites is 1. The molecule has 0 aliphatic carbocycles. The first-order valence-corrected chi connectivity index (χ1v) is 10.8. The highest BCUT2D eigenvalue weighted by atomic mass is 32.2. The number of fused-ring (bicyclic) bond motifs is 1. The van der Waals surface area contributed by atoms with Crippen LogP contribution < -0.4 is 4.90 Å². The van der Waals surface area contributed by atoms with E-state index in [4.69, 9.17) is 9.40 Å². The standard InChI is InChI=1S/C22H20N2O2S2/c1-15-8-10-18(11-9-15)27-14-20(25)24(13-17-6-4-12-26-17)22-23-21-16(2)5-3-7-19(21)28-22/h3-12H,13-14H2,1-2H3. The number of aryl methyl sites for hydroxylation is 2. The summed E-state index contributed by atoms with van der Waals surface area (Å²) < 4.78 is 6.57. The molecule has 2 aromatic heterocycles. The van der Waals surface area contributed by atoms with Crippen molar-refractivity contribution >= 4 is 44.4 Å². The van der Waals surface area contributed by atoms with E-state index in [0.29, 0.717) is 17.4 Å². The van der Waals surface area contributed by atoms with Gasteiger partial charge in [0.2, 0.25) is 5.91 Å². The molecule has 0 spiro atoms. The molecule has 4 aromatic rings. The van der Waals surface area contributed by atoms with E-state index in [9.17, 15) is 4.79 Å². The van der Waals surface area contributed by atoms with Gasteiger partial charge in [0.15, 0.2) is 5.13 Å². The van der Waals surface area contributed by atoms with E-state index in [1.807, 2.05) is 49.4 Å². The third-order valence-corrected chi connectivity index (χ3v) is 6.46. The number of hydrogen-bond donors (Lipinski definition) is 0. The third-order valence-electron chi connectivity index (χ3n) is 4.42. The number of carbonyl (C=O) groups is 1. The van der Waals surface area contributed by atoms with Crippen LogP contribution in [0.1, 0.15) is 16.9 Å². The smallest absolute Gasteiger partial charge is 0.239 e. The zero-order valence-corrected chi connectivity index (χ0v) is 17.3. The van der Waals surface area contributed by atoms with Crippen LogP contribution in [0.25, 0.3) is 10.2 Å². The summed E-state index contributed by atoms with van der Waals surface area (Å²) in [5, 5.41) is 0.704. The number of thioether (sulfide) groups is 1. The Kier molecular flexibility index (Phi) is 5.50. The van der Waals surface area contributed by atoms with Crippen LogP contribution in [0.4, 0.5) is 5.13 Å². The van der Waals surface area contributed by atoms with Crippen LogP contribution in [-0.2, 0) is 11.3 Å². The van der Waals surface area contributed by atoms with Crippen LogP contribution in [0.5, 0.6) is 0 Å². The average Bonchev–Trinajstić information content (AvgIpc) is 3.35. The van der Waals surface area contributed by atoms with Crippen molar-refractivity contribution in [2.45, 2.75) is 25.3 Å². The zero-order valence-electron chi connectivity index (χ0n) is 15.7. The van der Waals surface area contributed by atoms with Crippen molar-refractivity contribution in [1.29, 1.82) is 0 Å². The summed E-state index contributed by atoms with van der Waals surface area (Å²) >= 11 is 3.07. The molecule has 6 heteroatoms. The van der Waals surface area contributed by atoms with Crippen molar-refractivity contribution in [3.8, 4) is 0 Å². The van der Waals surface area contributed by atoms with Gasteiger partial charge in [-0.25, -0.2) is 4.98 Å². The maximum absolute atomic E-state index is 13.1. The van der Waals surface area contributed by atoms with E-state index in [1.54, 1.807) is 11.2 Å². The molecule has 0 aliphatic heterocycles. The summed E-state index contributed by atoms with van der Waals surface area (Å²) in [4.78, 5) is 20.7. The van der Waals surface area contributed by atoms with Gasteiger partial charge >= 0.3 is 0 Å². The average molecular weight is 409 g/mol. The van der Waals surface area contributed by atoms with Crippen molar-refractivity contribution in [1.82, 2.24) is 4.98 Å². The van der Waals surface area contributed by atoms with Gasteiger partial charge in [0, 0.05) is 4.90 Å². The molecule has 2 aromatic carbocycles. The molecule has 1 amide bonds. The Labute approximate surface area is 172 Å². The van der Waals surface area contributed by atoms with Crippen molar-refractivity contribution in [3.05, 3.63) is 77.7 Å². The van der Waals surface area contributed by atoms with Crippen LogP contribution in [0.15, 0.2) is 70.2 Å². The van der Waals surface area contributed by atoms with Gasteiger partial charge in [-0.2, -0.15) is 0 Å². The van der Waals surface area contributed by atoms with Crippen LogP contribution in [0.3, 0.4) is 0 Å². The third kappa shape index (κ3) is 4.13. The van der Waals surface area contributed by atoms with E-state index in [0.717, 1.165) is 26.4 Å². The fourth-order valence-electron chi connectivity index (χ4n) is 2.87. The first-order valence-electron chi connectivity index (χ1n) is 8.98. The number of nitrogens with zero attached hydrogens (tertiary/aromatic N) is 2. The molecular weight excluding hydrogens is 388 g/mol. The van der Waals surface area contributed by atoms with Gasteiger partial charge in [0.05, 0.1) is 28.8 Å². The van der Waals surface area contributed by atoms with Gasteiger partial charge in [-0.15, -0.1) is 11.8 Å². The molecule has 0 saturated heterocycles. The fraction of sp³-hybridized carbons (Fsp3) is 0.182. The van der Waals surface area contributed by atoms with Crippen LogP contribution >= 0.6 is 23.1 Å². The molecule has 4 nitrogen and oxygen atoms in total.